The Hall–Kier alpha value is -0.753. The Bertz CT molecular complexity index is 328. The highest BCUT2D eigenvalue weighted by Crippen LogP contribution is 2.30. The van der Waals surface area contributed by atoms with E-state index in [1.807, 2.05) is 39.0 Å². The van der Waals surface area contributed by atoms with Gasteiger partial charge in [0.25, 0.3) is 0 Å². The Morgan fingerprint density at radius 1 is 1.17 bits per heavy atom. The van der Waals surface area contributed by atoms with Crippen molar-refractivity contribution in [3.8, 4) is 0 Å². The third kappa shape index (κ3) is 3.88. The van der Waals surface area contributed by atoms with E-state index >= 15 is 0 Å². The van der Waals surface area contributed by atoms with Gasteiger partial charge in [0.2, 0.25) is 0 Å². The van der Waals surface area contributed by atoms with Crippen molar-refractivity contribution in [2.75, 3.05) is 19.8 Å². The smallest absolute Gasteiger partial charge is 0.172 e. The molecule has 0 saturated heterocycles. The number of nitrogens with zero attached hydrogens (tertiary/aromatic N) is 1. The molecule has 1 atom stereocenters. The van der Waals surface area contributed by atoms with E-state index in [0.717, 1.165) is 5.69 Å². The van der Waals surface area contributed by atoms with Gasteiger partial charge in [-0.2, -0.15) is 0 Å². The number of ether oxygens (including phenoxy) is 3. The van der Waals surface area contributed by atoms with E-state index in [1.165, 1.54) is 0 Å². The second kappa shape index (κ2) is 7.63. The average Bonchev–Trinajstić information content (AvgIpc) is 2.37. The summed E-state index contributed by atoms with van der Waals surface area (Å²) in [5, 5.41) is 0. The summed E-state index contributed by atoms with van der Waals surface area (Å²) in [5.41, 5.74) is 0.185. The second-order valence-corrected chi connectivity index (χ2v) is 5.37. The topological polar surface area (TPSA) is 40.6 Å². The van der Waals surface area contributed by atoms with Gasteiger partial charge in [0.1, 0.15) is 6.10 Å². The van der Waals surface area contributed by atoms with Gasteiger partial charge in [0.05, 0.1) is 15.9 Å². The third-order valence-corrected chi connectivity index (χ3v) is 3.73. The van der Waals surface area contributed by atoms with Crippen molar-refractivity contribution >= 4 is 10.2 Å². The highest BCUT2D eigenvalue weighted by atomic mass is 28.1. The molecule has 102 valence electrons. The lowest BCUT2D eigenvalue weighted by Crippen LogP contribution is -2.44. The minimum atomic E-state index is -0.673. The van der Waals surface area contributed by atoms with Gasteiger partial charge in [-0.05, 0) is 32.9 Å². The molecule has 0 aromatic carbocycles. The predicted octanol–water partition coefficient (Wildman–Crippen LogP) is 1.25. The lowest BCUT2D eigenvalue weighted by atomic mass is 10.2. The predicted molar refractivity (Wildman–Crippen MR) is 74.5 cm³/mol. The van der Waals surface area contributed by atoms with Crippen LogP contribution in [-0.2, 0) is 14.2 Å². The molecular formula is C13H23NO3Si. The molecule has 0 spiro atoms. The molecule has 1 aromatic heterocycles. The van der Waals surface area contributed by atoms with Crippen LogP contribution in [0.15, 0.2) is 24.4 Å². The average molecular weight is 269 g/mol. The van der Waals surface area contributed by atoms with Gasteiger partial charge < -0.3 is 14.2 Å². The van der Waals surface area contributed by atoms with Crippen LogP contribution in [0.3, 0.4) is 0 Å². The molecule has 5 heteroatoms. The quantitative estimate of drug-likeness (QED) is 0.526. The molecule has 0 radical (unpaired) electrons. The first-order valence-corrected chi connectivity index (χ1v) is 7.48. The summed E-state index contributed by atoms with van der Waals surface area (Å²) in [6.45, 7) is 7.70. The van der Waals surface area contributed by atoms with E-state index in [4.69, 9.17) is 14.2 Å². The van der Waals surface area contributed by atoms with Gasteiger partial charge in [-0.3, -0.25) is 4.98 Å². The molecule has 0 aliphatic rings. The first kappa shape index (κ1) is 15.3. The summed E-state index contributed by atoms with van der Waals surface area (Å²) in [6.07, 6.45) is 1.50. The largest absolute Gasteiger partial charge is 0.367 e. The minimum Gasteiger partial charge on any atom is -0.367 e. The van der Waals surface area contributed by atoms with Crippen molar-refractivity contribution < 1.29 is 14.2 Å². The van der Waals surface area contributed by atoms with Gasteiger partial charge in [-0.1, -0.05) is 6.07 Å². The molecule has 0 aliphatic heterocycles. The second-order valence-electron chi connectivity index (χ2n) is 3.97. The van der Waals surface area contributed by atoms with Crippen LogP contribution in [0.25, 0.3) is 0 Å². The van der Waals surface area contributed by atoms with Crippen molar-refractivity contribution in [2.45, 2.75) is 32.3 Å². The molecule has 1 heterocycles. The maximum Gasteiger partial charge on any atom is 0.172 e. The SMILES string of the molecule is CCOC(c1ccccn1)C([SiH3])(OCC)OCC. The van der Waals surface area contributed by atoms with E-state index in [9.17, 15) is 0 Å². The molecule has 0 N–H and O–H groups in total. The number of aromatic nitrogens is 1. The zero-order valence-electron chi connectivity index (χ0n) is 11.7. The maximum atomic E-state index is 5.82. The highest BCUT2D eigenvalue weighted by molar-refractivity contribution is 6.14. The van der Waals surface area contributed by atoms with Crippen LogP contribution in [-0.4, -0.2) is 40.5 Å². The van der Waals surface area contributed by atoms with Gasteiger partial charge in [0.15, 0.2) is 5.41 Å². The monoisotopic (exact) mass is 269 g/mol. The molecule has 18 heavy (non-hydrogen) atoms. The summed E-state index contributed by atoms with van der Waals surface area (Å²) >= 11 is 0. The van der Waals surface area contributed by atoms with Crippen molar-refractivity contribution in [3.63, 3.8) is 0 Å². The lowest BCUT2D eigenvalue weighted by Gasteiger charge is -2.36. The third-order valence-electron chi connectivity index (χ3n) is 2.63. The molecule has 1 aromatic rings. The van der Waals surface area contributed by atoms with Crippen LogP contribution in [0.2, 0.25) is 0 Å². The fraction of sp³-hybridized carbons (Fsp3) is 0.615. The van der Waals surface area contributed by atoms with Crippen LogP contribution >= 0.6 is 0 Å². The fourth-order valence-corrected chi connectivity index (χ4v) is 3.01. The standard InChI is InChI=1S/C13H23NO3Si/c1-4-15-12(11-9-7-8-10-14-11)13(18,16-5-2)17-6-3/h7-10,12H,4-6H2,1-3,18H3. The van der Waals surface area contributed by atoms with Crippen molar-refractivity contribution in [3.05, 3.63) is 30.1 Å². The highest BCUT2D eigenvalue weighted by Gasteiger charge is 2.38. The number of rotatable bonds is 8. The molecule has 1 rings (SSSR count). The zero-order valence-corrected chi connectivity index (χ0v) is 13.7. The molecule has 0 saturated carbocycles. The summed E-state index contributed by atoms with van der Waals surface area (Å²) < 4.78 is 17.4. The van der Waals surface area contributed by atoms with Gasteiger partial charge in [-0.15, -0.1) is 0 Å². The zero-order chi connectivity index (χ0) is 13.4. The van der Waals surface area contributed by atoms with E-state index in [0.29, 0.717) is 30.1 Å². The first-order chi connectivity index (χ1) is 8.68. The van der Waals surface area contributed by atoms with Gasteiger partial charge >= 0.3 is 0 Å². The Morgan fingerprint density at radius 2 is 1.83 bits per heavy atom. The van der Waals surface area contributed by atoms with Crippen LogP contribution in [0.5, 0.6) is 0 Å². The lowest BCUT2D eigenvalue weighted by molar-refractivity contribution is -0.239. The maximum absolute atomic E-state index is 5.82. The van der Waals surface area contributed by atoms with E-state index in [-0.39, 0.29) is 6.10 Å². The van der Waals surface area contributed by atoms with Crippen LogP contribution in [0.1, 0.15) is 32.6 Å². The van der Waals surface area contributed by atoms with Crippen LogP contribution in [0.4, 0.5) is 0 Å². The van der Waals surface area contributed by atoms with E-state index in [2.05, 4.69) is 4.98 Å². The molecule has 0 bridgehead atoms. The molecule has 0 aliphatic carbocycles. The molecule has 0 amide bonds. The Labute approximate surface area is 112 Å². The molecule has 0 fully saturated rings. The van der Waals surface area contributed by atoms with Crippen LogP contribution < -0.4 is 0 Å². The normalized spacial score (nSPS) is 13.7. The Kier molecular flexibility index (Phi) is 6.49. The van der Waals surface area contributed by atoms with Gasteiger partial charge in [-0.25, -0.2) is 0 Å². The van der Waals surface area contributed by atoms with Gasteiger partial charge in [0, 0.05) is 26.0 Å². The van der Waals surface area contributed by atoms with E-state index in [1.54, 1.807) is 6.20 Å². The summed E-state index contributed by atoms with van der Waals surface area (Å²) in [7, 11) is 0.711. The molecule has 4 nitrogen and oxygen atoms in total. The number of hydrogen-bond donors (Lipinski definition) is 0. The van der Waals surface area contributed by atoms with Crippen molar-refractivity contribution in [2.24, 2.45) is 0 Å². The fourth-order valence-electron chi connectivity index (χ4n) is 1.97. The molecular weight excluding hydrogens is 246 g/mol. The molecule has 1 unspecified atom stereocenters. The number of pyridine rings is 1. The Balaban J connectivity index is 3.00. The van der Waals surface area contributed by atoms with E-state index < -0.39 is 5.41 Å². The summed E-state index contributed by atoms with van der Waals surface area (Å²) in [5.74, 6) is 0. The number of hydrogen-bond acceptors (Lipinski definition) is 4. The summed E-state index contributed by atoms with van der Waals surface area (Å²) in [6, 6.07) is 5.79. The summed E-state index contributed by atoms with van der Waals surface area (Å²) in [4.78, 5) is 4.37. The van der Waals surface area contributed by atoms with Crippen molar-refractivity contribution in [1.29, 1.82) is 0 Å². The van der Waals surface area contributed by atoms with Crippen LogP contribution in [0, 0.1) is 0 Å². The van der Waals surface area contributed by atoms with Crippen molar-refractivity contribution in [1.82, 2.24) is 4.98 Å². The Morgan fingerprint density at radius 3 is 2.28 bits per heavy atom. The minimum absolute atomic E-state index is 0.268. The first-order valence-electron chi connectivity index (χ1n) is 6.48.